The largest absolute Gasteiger partial charge is 0.419 e. The van der Waals surface area contributed by atoms with Crippen molar-refractivity contribution in [2.45, 2.75) is 12.8 Å². The zero-order chi connectivity index (χ0) is 10.1. The second-order valence-electron chi connectivity index (χ2n) is 2.42. The first-order valence-corrected chi connectivity index (χ1v) is 3.37. The lowest BCUT2D eigenvalue weighted by Gasteiger charge is -2.10. The molecule has 6 heteroatoms. The van der Waals surface area contributed by atoms with E-state index in [2.05, 4.69) is 4.98 Å². The highest BCUT2D eigenvalue weighted by Gasteiger charge is 2.34. The Labute approximate surface area is 72.0 Å². The summed E-state index contributed by atoms with van der Waals surface area (Å²) in [5.74, 6) is 0. The van der Waals surface area contributed by atoms with Crippen molar-refractivity contribution in [1.82, 2.24) is 4.98 Å². The lowest BCUT2D eigenvalue weighted by Crippen LogP contribution is -2.11. The highest BCUT2D eigenvalue weighted by Crippen LogP contribution is 2.34. The van der Waals surface area contributed by atoms with Gasteiger partial charge < -0.3 is 10.8 Å². The second-order valence-corrected chi connectivity index (χ2v) is 2.42. The molecule has 13 heavy (non-hydrogen) atoms. The van der Waals surface area contributed by atoms with E-state index in [0.29, 0.717) is 6.20 Å². The molecule has 0 aromatic carbocycles. The summed E-state index contributed by atoms with van der Waals surface area (Å²) in [5.41, 5.74) is 3.66. The van der Waals surface area contributed by atoms with Gasteiger partial charge in [0, 0.05) is 18.0 Å². The Bertz CT molecular complexity index is 311. The molecular formula is C7H7F3N2O. The monoisotopic (exact) mass is 192 g/mol. The molecule has 0 fully saturated rings. The van der Waals surface area contributed by atoms with E-state index in [4.69, 9.17) is 10.8 Å². The quantitative estimate of drug-likeness (QED) is 0.702. The molecule has 1 aromatic heterocycles. The van der Waals surface area contributed by atoms with Crippen molar-refractivity contribution >= 4 is 5.69 Å². The van der Waals surface area contributed by atoms with Crippen LogP contribution in [0.4, 0.5) is 18.9 Å². The van der Waals surface area contributed by atoms with Crippen LogP contribution < -0.4 is 5.73 Å². The number of pyridine rings is 1. The van der Waals surface area contributed by atoms with Crippen molar-refractivity contribution in [1.29, 1.82) is 0 Å². The molecular weight excluding hydrogens is 185 g/mol. The summed E-state index contributed by atoms with van der Waals surface area (Å²) >= 11 is 0. The smallest absolute Gasteiger partial charge is 0.398 e. The van der Waals surface area contributed by atoms with Crippen molar-refractivity contribution in [3.63, 3.8) is 0 Å². The molecule has 1 heterocycles. The van der Waals surface area contributed by atoms with Crippen molar-refractivity contribution in [2.75, 3.05) is 5.73 Å². The SMILES string of the molecule is Nc1c(CO)cncc1C(F)(F)F. The maximum atomic E-state index is 12.2. The van der Waals surface area contributed by atoms with E-state index in [1.165, 1.54) is 0 Å². The van der Waals surface area contributed by atoms with Gasteiger partial charge in [-0.25, -0.2) is 0 Å². The Balaban J connectivity index is 3.24. The Morgan fingerprint density at radius 2 is 2.00 bits per heavy atom. The van der Waals surface area contributed by atoms with Crippen molar-refractivity contribution in [3.8, 4) is 0 Å². The van der Waals surface area contributed by atoms with Gasteiger partial charge in [-0.3, -0.25) is 4.98 Å². The van der Waals surface area contributed by atoms with Gasteiger partial charge in [0.25, 0.3) is 0 Å². The maximum absolute atomic E-state index is 12.2. The third kappa shape index (κ3) is 1.89. The fourth-order valence-electron chi connectivity index (χ4n) is 0.866. The van der Waals surface area contributed by atoms with Crippen LogP contribution in [0.1, 0.15) is 11.1 Å². The molecule has 0 spiro atoms. The van der Waals surface area contributed by atoms with Gasteiger partial charge in [0.1, 0.15) is 0 Å². The van der Waals surface area contributed by atoms with Gasteiger partial charge >= 0.3 is 6.18 Å². The number of nitrogens with zero attached hydrogens (tertiary/aromatic N) is 1. The zero-order valence-corrected chi connectivity index (χ0v) is 6.47. The lowest BCUT2D eigenvalue weighted by molar-refractivity contribution is -0.137. The summed E-state index contributed by atoms with van der Waals surface area (Å²) in [6.07, 6.45) is -2.79. The van der Waals surface area contributed by atoms with Crippen LogP contribution in [0.25, 0.3) is 0 Å². The predicted octanol–water partition coefficient (Wildman–Crippen LogP) is 1.17. The normalized spacial score (nSPS) is 11.7. The summed E-state index contributed by atoms with van der Waals surface area (Å²) in [5, 5.41) is 8.62. The van der Waals surface area contributed by atoms with E-state index < -0.39 is 24.0 Å². The van der Waals surface area contributed by atoms with Crippen molar-refractivity contribution in [2.24, 2.45) is 0 Å². The summed E-state index contributed by atoms with van der Waals surface area (Å²) in [4.78, 5) is 3.32. The molecule has 1 aromatic rings. The number of nitrogens with two attached hydrogens (primary N) is 1. The number of alkyl halides is 3. The molecule has 0 aliphatic carbocycles. The summed E-state index contributed by atoms with van der Waals surface area (Å²) in [6.45, 7) is -0.553. The number of aliphatic hydroxyl groups excluding tert-OH is 1. The van der Waals surface area contributed by atoms with Gasteiger partial charge in [-0.1, -0.05) is 0 Å². The van der Waals surface area contributed by atoms with Crippen LogP contribution >= 0.6 is 0 Å². The number of nitrogen functional groups attached to an aromatic ring is 1. The van der Waals surface area contributed by atoms with Gasteiger partial charge in [-0.15, -0.1) is 0 Å². The molecule has 0 saturated heterocycles. The number of halogens is 3. The summed E-state index contributed by atoms with van der Waals surface area (Å²) in [7, 11) is 0. The Morgan fingerprint density at radius 1 is 1.38 bits per heavy atom. The van der Waals surface area contributed by atoms with E-state index in [1.807, 2.05) is 0 Å². The first kappa shape index (κ1) is 9.79. The molecule has 0 saturated carbocycles. The molecule has 1 rings (SSSR count). The number of rotatable bonds is 1. The van der Waals surface area contributed by atoms with E-state index >= 15 is 0 Å². The molecule has 0 amide bonds. The topological polar surface area (TPSA) is 59.1 Å². The van der Waals surface area contributed by atoms with Gasteiger partial charge in [0.05, 0.1) is 17.9 Å². The Kier molecular flexibility index (Phi) is 2.42. The zero-order valence-electron chi connectivity index (χ0n) is 6.47. The molecule has 3 nitrogen and oxygen atoms in total. The van der Waals surface area contributed by atoms with Crippen LogP contribution in [0.3, 0.4) is 0 Å². The van der Waals surface area contributed by atoms with Crippen molar-refractivity contribution in [3.05, 3.63) is 23.5 Å². The van der Waals surface area contributed by atoms with E-state index in [0.717, 1.165) is 6.20 Å². The van der Waals surface area contributed by atoms with Gasteiger partial charge in [-0.2, -0.15) is 13.2 Å². The average Bonchev–Trinajstić information content (AvgIpc) is 2.02. The molecule has 0 unspecified atom stereocenters. The van der Waals surface area contributed by atoms with Crippen LogP contribution in [0, 0.1) is 0 Å². The standard InChI is InChI=1S/C7H7F3N2O/c8-7(9,10)5-2-12-1-4(3-13)6(5)11/h1-2,13H,3H2,(H2,11,12). The lowest BCUT2D eigenvalue weighted by atomic mass is 10.1. The first-order valence-electron chi connectivity index (χ1n) is 3.37. The molecule has 0 atom stereocenters. The third-order valence-corrected chi connectivity index (χ3v) is 1.55. The predicted molar refractivity (Wildman–Crippen MR) is 39.6 cm³/mol. The van der Waals surface area contributed by atoms with E-state index in [9.17, 15) is 13.2 Å². The number of aromatic nitrogens is 1. The van der Waals surface area contributed by atoms with Crippen molar-refractivity contribution < 1.29 is 18.3 Å². The molecule has 3 N–H and O–H groups in total. The summed E-state index contributed by atoms with van der Waals surface area (Å²) in [6, 6.07) is 0. The minimum atomic E-state index is -4.53. The fourth-order valence-corrected chi connectivity index (χ4v) is 0.866. The fraction of sp³-hybridized carbons (Fsp3) is 0.286. The van der Waals surface area contributed by atoms with Crippen LogP contribution in [-0.2, 0) is 12.8 Å². The second kappa shape index (κ2) is 3.21. The third-order valence-electron chi connectivity index (χ3n) is 1.55. The van der Waals surface area contributed by atoms with Crippen LogP contribution in [0.5, 0.6) is 0 Å². The van der Waals surface area contributed by atoms with Gasteiger partial charge in [0.15, 0.2) is 0 Å². The Morgan fingerprint density at radius 3 is 2.46 bits per heavy atom. The molecule has 0 bridgehead atoms. The first-order chi connectivity index (χ1) is 5.96. The minimum Gasteiger partial charge on any atom is -0.398 e. The highest BCUT2D eigenvalue weighted by molar-refractivity contribution is 5.52. The molecule has 0 aliphatic heterocycles. The molecule has 0 aliphatic rings. The number of hydrogen-bond donors (Lipinski definition) is 2. The van der Waals surface area contributed by atoms with E-state index in [1.54, 1.807) is 0 Å². The molecule has 72 valence electrons. The molecule has 0 radical (unpaired) electrons. The number of hydrogen-bond acceptors (Lipinski definition) is 3. The maximum Gasteiger partial charge on any atom is 0.419 e. The van der Waals surface area contributed by atoms with Crippen LogP contribution in [-0.4, -0.2) is 10.1 Å². The average molecular weight is 192 g/mol. The van der Waals surface area contributed by atoms with Crippen LogP contribution in [0.2, 0.25) is 0 Å². The van der Waals surface area contributed by atoms with Gasteiger partial charge in [-0.05, 0) is 0 Å². The number of anilines is 1. The summed E-state index contributed by atoms with van der Waals surface area (Å²) < 4.78 is 36.5. The highest BCUT2D eigenvalue weighted by atomic mass is 19.4. The minimum absolute atomic E-state index is 0.0187. The van der Waals surface area contributed by atoms with E-state index in [-0.39, 0.29) is 5.56 Å². The number of aliphatic hydroxyl groups is 1. The van der Waals surface area contributed by atoms with Crippen LogP contribution in [0.15, 0.2) is 12.4 Å². The Hall–Kier alpha value is -1.30. The van der Waals surface area contributed by atoms with Gasteiger partial charge in [0.2, 0.25) is 0 Å².